The minimum absolute atomic E-state index is 0.0639. The zero-order valence-corrected chi connectivity index (χ0v) is 11.2. The molecule has 7 heteroatoms. The Hall–Kier alpha value is -2.02. The molecule has 0 aliphatic carbocycles. The first-order chi connectivity index (χ1) is 8.95. The first-order valence-electron chi connectivity index (χ1n) is 5.14. The van der Waals surface area contributed by atoms with Gasteiger partial charge < -0.3 is 4.42 Å². The molecule has 0 atom stereocenters. The van der Waals surface area contributed by atoms with Crippen molar-refractivity contribution in [3.8, 4) is 11.3 Å². The molecule has 0 bridgehead atoms. The number of halogens is 2. The second-order valence-corrected chi connectivity index (χ2v) is 4.59. The zero-order valence-electron chi connectivity index (χ0n) is 9.65. The molecule has 0 aliphatic heterocycles. The number of aldehydes is 1. The predicted molar refractivity (Wildman–Crippen MR) is 68.6 cm³/mol. The molecule has 0 spiro atoms. The van der Waals surface area contributed by atoms with E-state index in [4.69, 9.17) is 4.42 Å². The Balaban J connectivity index is 2.68. The average molecular weight is 328 g/mol. The molecular weight excluding hydrogens is 321 g/mol. The quantitative estimate of drug-likeness (QED) is 0.487. The molecule has 2 aromatic rings. The van der Waals surface area contributed by atoms with E-state index < -0.39 is 16.4 Å². The molecule has 0 fully saturated rings. The van der Waals surface area contributed by atoms with E-state index in [1.807, 2.05) is 0 Å². The van der Waals surface area contributed by atoms with Gasteiger partial charge in [-0.2, -0.15) is 4.39 Å². The van der Waals surface area contributed by atoms with Gasteiger partial charge in [0.15, 0.2) is 12.0 Å². The monoisotopic (exact) mass is 327 g/mol. The highest BCUT2D eigenvalue weighted by atomic mass is 79.9. The molecule has 0 saturated heterocycles. The SMILES string of the molecule is Cc1cc([N+](=O)[O-])c(F)c(Br)c1-c1ccc(C=O)o1. The lowest BCUT2D eigenvalue weighted by molar-refractivity contribution is -0.387. The Labute approximate surface area is 115 Å². The van der Waals surface area contributed by atoms with Gasteiger partial charge in [-0.1, -0.05) is 0 Å². The van der Waals surface area contributed by atoms with Crippen LogP contribution in [0.1, 0.15) is 16.1 Å². The van der Waals surface area contributed by atoms with E-state index in [0.717, 1.165) is 6.07 Å². The number of nitrogens with zero attached hydrogens (tertiary/aromatic N) is 1. The topological polar surface area (TPSA) is 73.3 Å². The van der Waals surface area contributed by atoms with Crippen LogP contribution in [0.3, 0.4) is 0 Å². The number of furan rings is 1. The van der Waals surface area contributed by atoms with Gasteiger partial charge in [0.25, 0.3) is 0 Å². The fourth-order valence-electron chi connectivity index (χ4n) is 1.72. The standard InChI is InChI=1S/C12H7BrFNO4/c1-6-4-8(15(17)18)12(14)11(13)10(6)9-3-2-7(5-16)19-9/h2-5H,1H3. The highest BCUT2D eigenvalue weighted by Gasteiger charge is 2.24. The van der Waals surface area contributed by atoms with Crippen LogP contribution in [0, 0.1) is 22.9 Å². The molecule has 0 unspecified atom stereocenters. The average Bonchev–Trinajstić information content (AvgIpc) is 2.82. The van der Waals surface area contributed by atoms with E-state index in [2.05, 4.69) is 15.9 Å². The molecule has 1 aromatic carbocycles. The highest BCUT2D eigenvalue weighted by Crippen LogP contribution is 2.38. The molecule has 0 saturated carbocycles. The maximum absolute atomic E-state index is 13.9. The molecule has 1 heterocycles. The molecule has 0 amide bonds. The van der Waals surface area contributed by atoms with Crippen LogP contribution in [0.4, 0.5) is 10.1 Å². The third-order valence-electron chi connectivity index (χ3n) is 2.57. The van der Waals surface area contributed by atoms with Crippen molar-refractivity contribution in [1.29, 1.82) is 0 Å². The molecule has 1 aromatic heterocycles. The number of rotatable bonds is 3. The second-order valence-electron chi connectivity index (χ2n) is 3.79. The maximum atomic E-state index is 13.9. The number of aryl methyl sites for hydroxylation is 1. The van der Waals surface area contributed by atoms with Crippen molar-refractivity contribution in [3.63, 3.8) is 0 Å². The number of carbonyl (C=O) groups is 1. The second kappa shape index (κ2) is 4.93. The van der Waals surface area contributed by atoms with Crippen molar-refractivity contribution in [2.75, 3.05) is 0 Å². The molecule has 0 aliphatic rings. The van der Waals surface area contributed by atoms with Crippen molar-refractivity contribution >= 4 is 27.9 Å². The van der Waals surface area contributed by atoms with Gasteiger partial charge in [0.05, 0.1) is 9.40 Å². The molecular formula is C12H7BrFNO4. The Morgan fingerprint density at radius 2 is 2.16 bits per heavy atom. The van der Waals surface area contributed by atoms with E-state index in [9.17, 15) is 19.3 Å². The summed E-state index contributed by atoms with van der Waals surface area (Å²) in [4.78, 5) is 20.5. The minimum Gasteiger partial charge on any atom is -0.453 e. The normalized spacial score (nSPS) is 10.5. The van der Waals surface area contributed by atoms with E-state index in [1.165, 1.54) is 12.1 Å². The van der Waals surface area contributed by atoms with Crippen LogP contribution in [-0.2, 0) is 0 Å². The number of carbonyl (C=O) groups excluding carboxylic acids is 1. The fourth-order valence-corrected chi connectivity index (χ4v) is 2.43. The summed E-state index contributed by atoms with van der Waals surface area (Å²) in [6, 6.07) is 4.06. The highest BCUT2D eigenvalue weighted by molar-refractivity contribution is 9.10. The number of nitro benzene ring substituents is 1. The molecule has 0 radical (unpaired) electrons. The van der Waals surface area contributed by atoms with Crippen molar-refractivity contribution < 1.29 is 18.5 Å². The third-order valence-corrected chi connectivity index (χ3v) is 3.32. The summed E-state index contributed by atoms with van der Waals surface area (Å²) in [5.41, 5.74) is 0.193. The smallest absolute Gasteiger partial charge is 0.306 e. The lowest BCUT2D eigenvalue weighted by atomic mass is 10.1. The summed E-state index contributed by atoms with van der Waals surface area (Å²) >= 11 is 2.99. The van der Waals surface area contributed by atoms with Gasteiger partial charge in [0, 0.05) is 11.6 Å². The van der Waals surface area contributed by atoms with Crippen LogP contribution in [0.2, 0.25) is 0 Å². The number of nitro groups is 1. The first-order valence-corrected chi connectivity index (χ1v) is 5.93. The van der Waals surface area contributed by atoms with E-state index in [-0.39, 0.29) is 16.0 Å². The van der Waals surface area contributed by atoms with E-state index in [1.54, 1.807) is 6.92 Å². The van der Waals surface area contributed by atoms with E-state index in [0.29, 0.717) is 17.4 Å². The summed E-state index contributed by atoms with van der Waals surface area (Å²) in [6.45, 7) is 1.59. The molecule has 2 rings (SSSR count). The Morgan fingerprint density at radius 1 is 1.47 bits per heavy atom. The lowest BCUT2D eigenvalue weighted by Crippen LogP contribution is -1.97. The predicted octanol–water partition coefficient (Wildman–Crippen LogP) is 3.88. The van der Waals surface area contributed by atoms with Crippen LogP contribution >= 0.6 is 15.9 Å². The largest absolute Gasteiger partial charge is 0.453 e. The first kappa shape index (κ1) is 13.4. The van der Waals surface area contributed by atoms with Crippen molar-refractivity contribution in [1.82, 2.24) is 0 Å². The Morgan fingerprint density at radius 3 is 2.68 bits per heavy atom. The minimum atomic E-state index is -0.977. The third kappa shape index (κ3) is 2.28. The zero-order chi connectivity index (χ0) is 14.2. The van der Waals surface area contributed by atoms with Crippen molar-refractivity contribution in [3.05, 3.63) is 49.9 Å². The summed E-state index contributed by atoms with van der Waals surface area (Å²) < 4.78 is 19.0. The van der Waals surface area contributed by atoms with Gasteiger partial charge in [-0.3, -0.25) is 14.9 Å². The maximum Gasteiger partial charge on any atom is 0.306 e. The van der Waals surface area contributed by atoms with Gasteiger partial charge in [0.1, 0.15) is 5.76 Å². The van der Waals surface area contributed by atoms with Crippen molar-refractivity contribution in [2.24, 2.45) is 0 Å². The summed E-state index contributed by atoms with van der Waals surface area (Å²) in [7, 11) is 0. The summed E-state index contributed by atoms with van der Waals surface area (Å²) in [5, 5.41) is 10.7. The molecule has 19 heavy (non-hydrogen) atoms. The summed E-state index contributed by atoms with van der Waals surface area (Å²) in [6.07, 6.45) is 0.522. The van der Waals surface area contributed by atoms with Crippen LogP contribution in [0.25, 0.3) is 11.3 Å². The van der Waals surface area contributed by atoms with Crippen LogP contribution in [0.15, 0.2) is 27.1 Å². The molecule has 5 nitrogen and oxygen atoms in total. The number of hydrogen-bond acceptors (Lipinski definition) is 4. The summed E-state index contributed by atoms with van der Waals surface area (Å²) in [5.74, 6) is -0.616. The Kier molecular flexibility index (Phi) is 3.48. The van der Waals surface area contributed by atoms with Gasteiger partial charge in [-0.15, -0.1) is 0 Å². The van der Waals surface area contributed by atoms with Gasteiger partial charge in [0.2, 0.25) is 5.82 Å². The van der Waals surface area contributed by atoms with Crippen LogP contribution in [0.5, 0.6) is 0 Å². The lowest BCUT2D eigenvalue weighted by Gasteiger charge is -2.07. The van der Waals surface area contributed by atoms with Gasteiger partial charge in [-0.05, 0) is 40.5 Å². The fraction of sp³-hybridized carbons (Fsp3) is 0.0833. The van der Waals surface area contributed by atoms with Crippen LogP contribution in [-0.4, -0.2) is 11.2 Å². The van der Waals surface area contributed by atoms with Crippen LogP contribution < -0.4 is 0 Å². The molecule has 98 valence electrons. The van der Waals surface area contributed by atoms with Gasteiger partial charge >= 0.3 is 5.69 Å². The van der Waals surface area contributed by atoms with Crippen molar-refractivity contribution in [2.45, 2.75) is 6.92 Å². The molecule has 0 N–H and O–H groups in total. The number of hydrogen-bond donors (Lipinski definition) is 0. The Bertz CT molecular complexity index is 681. The van der Waals surface area contributed by atoms with E-state index >= 15 is 0 Å². The number of benzene rings is 1. The van der Waals surface area contributed by atoms with Gasteiger partial charge in [-0.25, -0.2) is 0 Å².